The van der Waals surface area contributed by atoms with E-state index in [0.717, 1.165) is 5.56 Å². The maximum absolute atomic E-state index is 5.45. The minimum Gasteiger partial charge on any atom is -0.377 e. The highest BCUT2D eigenvalue weighted by Crippen LogP contribution is 2.27. The maximum Gasteiger partial charge on any atom is 0.0817 e. The lowest BCUT2D eigenvalue weighted by Crippen LogP contribution is -2.39. The maximum atomic E-state index is 5.45. The molecule has 0 amide bonds. The van der Waals surface area contributed by atoms with Gasteiger partial charge in [-0.25, -0.2) is 0 Å². The summed E-state index contributed by atoms with van der Waals surface area (Å²) in [4.78, 5) is 4.11. The number of pyridine rings is 1. The number of hydrogen-bond donors (Lipinski definition) is 1. The number of nitrogens with zero attached hydrogens (tertiary/aromatic N) is 1. The van der Waals surface area contributed by atoms with E-state index in [1.807, 2.05) is 19.3 Å². The van der Waals surface area contributed by atoms with Crippen molar-refractivity contribution in [3.05, 3.63) is 30.1 Å². The molecular weight excluding hydrogens is 176 g/mol. The zero-order valence-electron chi connectivity index (χ0n) is 9.24. The molecule has 0 aliphatic carbocycles. The normalized spacial score (nSPS) is 14.0. The van der Waals surface area contributed by atoms with E-state index in [9.17, 15) is 0 Å². The van der Waals surface area contributed by atoms with Gasteiger partial charge in [0.15, 0.2) is 0 Å². The van der Waals surface area contributed by atoms with Crippen molar-refractivity contribution in [3.8, 4) is 0 Å². The Bertz CT molecular complexity index is 272. The number of methoxy groups -OCH3 is 1. The smallest absolute Gasteiger partial charge is 0.0817 e. The van der Waals surface area contributed by atoms with E-state index in [2.05, 4.69) is 30.2 Å². The average Bonchev–Trinajstić information content (AvgIpc) is 2.20. The summed E-state index contributed by atoms with van der Waals surface area (Å²) in [6.07, 6.45) is 3.64. The fourth-order valence-corrected chi connectivity index (χ4v) is 1.58. The van der Waals surface area contributed by atoms with Gasteiger partial charge in [-0.05, 0) is 32.5 Å². The Morgan fingerprint density at radius 3 is 2.64 bits per heavy atom. The molecule has 0 saturated carbocycles. The van der Waals surface area contributed by atoms with Crippen LogP contribution in [0.1, 0.15) is 25.5 Å². The summed E-state index contributed by atoms with van der Waals surface area (Å²) in [5.41, 5.74) is 0.902. The predicted octanol–water partition coefficient (Wildman–Crippen LogP) is 1.77. The zero-order valence-corrected chi connectivity index (χ0v) is 9.24. The molecule has 3 nitrogen and oxygen atoms in total. The lowest BCUT2D eigenvalue weighted by atomic mass is 9.93. The number of ether oxygens (including phenoxy) is 1. The van der Waals surface area contributed by atoms with Gasteiger partial charge in [-0.1, -0.05) is 6.07 Å². The molecule has 0 aliphatic heterocycles. The van der Waals surface area contributed by atoms with E-state index in [0.29, 0.717) is 0 Å². The van der Waals surface area contributed by atoms with Crippen LogP contribution in [0.5, 0.6) is 0 Å². The molecule has 1 aromatic heterocycles. The molecule has 1 atom stereocenters. The molecule has 0 bridgehead atoms. The van der Waals surface area contributed by atoms with E-state index in [-0.39, 0.29) is 11.6 Å². The second kappa shape index (κ2) is 4.53. The van der Waals surface area contributed by atoms with Gasteiger partial charge in [-0.2, -0.15) is 0 Å². The SMILES string of the molecule is CNC(c1cccnc1)C(C)(C)OC. The Kier molecular flexibility index (Phi) is 3.61. The van der Waals surface area contributed by atoms with Crippen LogP contribution in [0.3, 0.4) is 0 Å². The van der Waals surface area contributed by atoms with Crippen LogP contribution in [-0.4, -0.2) is 24.7 Å². The first-order chi connectivity index (χ1) is 6.61. The monoisotopic (exact) mass is 194 g/mol. The molecule has 0 aromatic carbocycles. The third-order valence-electron chi connectivity index (χ3n) is 2.53. The quantitative estimate of drug-likeness (QED) is 0.793. The van der Waals surface area contributed by atoms with Crippen molar-refractivity contribution in [1.82, 2.24) is 10.3 Å². The van der Waals surface area contributed by atoms with Gasteiger partial charge in [0.1, 0.15) is 0 Å². The summed E-state index contributed by atoms with van der Waals surface area (Å²) in [6.45, 7) is 4.11. The number of aromatic nitrogens is 1. The number of rotatable bonds is 4. The van der Waals surface area contributed by atoms with Gasteiger partial charge in [0.25, 0.3) is 0 Å². The highest BCUT2D eigenvalue weighted by Gasteiger charge is 2.29. The Morgan fingerprint density at radius 1 is 1.50 bits per heavy atom. The number of hydrogen-bond acceptors (Lipinski definition) is 3. The minimum absolute atomic E-state index is 0.154. The minimum atomic E-state index is -0.238. The number of nitrogens with one attached hydrogen (secondary N) is 1. The third kappa shape index (κ3) is 2.30. The fourth-order valence-electron chi connectivity index (χ4n) is 1.58. The van der Waals surface area contributed by atoms with Crippen molar-refractivity contribution in [2.45, 2.75) is 25.5 Å². The summed E-state index contributed by atoms with van der Waals surface area (Å²) < 4.78 is 5.45. The highest BCUT2D eigenvalue weighted by atomic mass is 16.5. The van der Waals surface area contributed by atoms with Crippen LogP contribution in [0, 0.1) is 0 Å². The molecule has 14 heavy (non-hydrogen) atoms. The summed E-state index contributed by atoms with van der Waals surface area (Å²) in [5, 5.41) is 3.24. The Morgan fingerprint density at radius 2 is 2.21 bits per heavy atom. The molecule has 1 aromatic rings. The first-order valence-electron chi connectivity index (χ1n) is 4.74. The Hall–Kier alpha value is -0.930. The van der Waals surface area contributed by atoms with Crippen molar-refractivity contribution in [2.75, 3.05) is 14.2 Å². The second-order valence-corrected chi connectivity index (χ2v) is 3.82. The van der Waals surface area contributed by atoms with Crippen LogP contribution >= 0.6 is 0 Å². The topological polar surface area (TPSA) is 34.2 Å². The fraction of sp³-hybridized carbons (Fsp3) is 0.545. The van der Waals surface area contributed by atoms with Gasteiger partial charge in [0.2, 0.25) is 0 Å². The van der Waals surface area contributed by atoms with Gasteiger partial charge in [-0.3, -0.25) is 4.98 Å². The van der Waals surface area contributed by atoms with E-state index in [1.165, 1.54) is 0 Å². The van der Waals surface area contributed by atoms with Gasteiger partial charge in [0, 0.05) is 19.5 Å². The molecule has 0 fully saturated rings. The van der Waals surface area contributed by atoms with Crippen molar-refractivity contribution in [3.63, 3.8) is 0 Å². The first-order valence-corrected chi connectivity index (χ1v) is 4.74. The van der Waals surface area contributed by atoms with Crippen LogP contribution in [0.2, 0.25) is 0 Å². The first kappa shape index (κ1) is 11.1. The highest BCUT2D eigenvalue weighted by molar-refractivity contribution is 5.17. The van der Waals surface area contributed by atoms with E-state index >= 15 is 0 Å². The Balaban J connectivity index is 2.93. The molecule has 0 spiro atoms. The van der Waals surface area contributed by atoms with Crippen molar-refractivity contribution in [1.29, 1.82) is 0 Å². The van der Waals surface area contributed by atoms with E-state index < -0.39 is 0 Å². The van der Waals surface area contributed by atoms with Crippen LogP contribution < -0.4 is 5.32 Å². The Labute approximate surface area is 85.5 Å². The largest absolute Gasteiger partial charge is 0.377 e. The lowest BCUT2D eigenvalue weighted by molar-refractivity contribution is -0.00907. The van der Waals surface area contributed by atoms with Gasteiger partial charge in [-0.15, -0.1) is 0 Å². The van der Waals surface area contributed by atoms with Crippen LogP contribution in [0.15, 0.2) is 24.5 Å². The zero-order chi connectivity index (χ0) is 10.6. The molecular formula is C11H18N2O. The van der Waals surface area contributed by atoms with Gasteiger partial charge >= 0.3 is 0 Å². The van der Waals surface area contributed by atoms with Crippen LogP contribution in [-0.2, 0) is 4.74 Å². The van der Waals surface area contributed by atoms with Crippen LogP contribution in [0.4, 0.5) is 0 Å². The van der Waals surface area contributed by atoms with Crippen molar-refractivity contribution in [2.24, 2.45) is 0 Å². The van der Waals surface area contributed by atoms with Crippen LogP contribution in [0.25, 0.3) is 0 Å². The van der Waals surface area contributed by atoms with Gasteiger partial charge in [0.05, 0.1) is 11.6 Å². The molecule has 0 saturated heterocycles. The standard InChI is InChI=1S/C11H18N2O/c1-11(2,14-4)10(12-3)9-6-5-7-13-8-9/h5-8,10,12H,1-4H3. The summed E-state index contributed by atoms with van der Waals surface area (Å²) in [5.74, 6) is 0. The molecule has 1 heterocycles. The second-order valence-electron chi connectivity index (χ2n) is 3.82. The molecule has 1 rings (SSSR count). The van der Waals surface area contributed by atoms with Crippen molar-refractivity contribution < 1.29 is 4.74 Å². The van der Waals surface area contributed by atoms with Crippen molar-refractivity contribution >= 4 is 0 Å². The summed E-state index contributed by atoms with van der Waals surface area (Å²) >= 11 is 0. The average molecular weight is 194 g/mol. The number of likely N-dealkylation sites (N-methyl/N-ethyl adjacent to an activating group) is 1. The summed E-state index contributed by atoms with van der Waals surface area (Å²) in [6, 6.07) is 4.14. The molecule has 0 radical (unpaired) electrons. The van der Waals surface area contributed by atoms with E-state index in [1.54, 1.807) is 13.3 Å². The lowest BCUT2D eigenvalue weighted by Gasteiger charge is -2.32. The predicted molar refractivity (Wildman–Crippen MR) is 57.1 cm³/mol. The molecule has 0 aliphatic rings. The molecule has 78 valence electrons. The molecule has 3 heteroatoms. The molecule has 1 unspecified atom stereocenters. The van der Waals surface area contributed by atoms with Gasteiger partial charge < -0.3 is 10.1 Å². The summed E-state index contributed by atoms with van der Waals surface area (Å²) in [7, 11) is 3.65. The third-order valence-corrected chi connectivity index (χ3v) is 2.53. The molecule has 1 N–H and O–H groups in total. The van der Waals surface area contributed by atoms with E-state index in [4.69, 9.17) is 4.74 Å².